The minimum absolute atomic E-state index is 0.0205. The molecule has 0 atom stereocenters. The third-order valence-electron chi connectivity index (χ3n) is 9.61. The van der Waals surface area contributed by atoms with E-state index in [1.807, 2.05) is 0 Å². The topological polar surface area (TPSA) is 85.4 Å². The maximum absolute atomic E-state index is 13.1. The van der Waals surface area contributed by atoms with Crippen LogP contribution in [0, 0.1) is 23.0 Å². The van der Waals surface area contributed by atoms with E-state index >= 15 is 0 Å². The summed E-state index contributed by atoms with van der Waals surface area (Å²) in [7, 11) is 0. The lowest BCUT2D eigenvalue weighted by atomic mass is 9.52. The summed E-state index contributed by atoms with van der Waals surface area (Å²) in [6, 6.07) is 6.73. The summed E-state index contributed by atoms with van der Waals surface area (Å²) in [4.78, 5) is 31.6. The van der Waals surface area contributed by atoms with Gasteiger partial charge in [0.1, 0.15) is 0 Å². The molecule has 0 spiro atoms. The van der Waals surface area contributed by atoms with Crippen LogP contribution < -0.4 is 4.96 Å². The number of fused-ring (bicyclic) bond motifs is 2. The smallest absolute Gasteiger partial charge is 0.220 e. The van der Waals surface area contributed by atoms with Crippen LogP contribution in [0.15, 0.2) is 24.3 Å². The van der Waals surface area contributed by atoms with Crippen LogP contribution in [0.4, 0.5) is 0 Å². The van der Waals surface area contributed by atoms with E-state index in [0.29, 0.717) is 28.2 Å². The average molecular weight is 476 g/mol. The van der Waals surface area contributed by atoms with Crippen LogP contribution in [0.1, 0.15) is 77.0 Å². The van der Waals surface area contributed by atoms with E-state index in [0.717, 1.165) is 56.9 Å². The number of benzene rings is 1. The first-order valence-electron chi connectivity index (χ1n) is 13.4. The zero-order valence-corrected chi connectivity index (χ0v) is 20.2. The molecule has 8 rings (SSSR count). The van der Waals surface area contributed by atoms with Crippen molar-refractivity contribution in [1.82, 2.24) is 19.6 Å². The molecule has 6 aliphatic rings. The van der Waals surface area contributed by atoms with Gasteiger partial charge in [0.15, 0.2) is 5.69 Å². The molecule has 0 radical (unpaired) electrons. The van der Waals surface area contributed by atoms with Gasteiger partial charge in [0.25, 0.3) is 0 Å². The Morgan fingerprint density at radius 3 is 2.11 bits per heavy atom. The van der Waals surface area contributed by atoms with Gasteiger partial charge >= 0.3 is 0 Å². The summed E-state index contributed by atoms with van der Waals surface area (Å²) in [5, 5.41) is 16.4. The lowest BCUT2D eigenvalue weighted by Crippen LogP contribution is -2.63. The molecule has 8 heteroatoms. The maximum Gasteiger partial charge on any atom is 0.220 e. The highest BCUT2D eigenvalue weighted by atomic mass is 16.5. The highest BCUT2D eigenvalue weighted by molar-refractivity contribution is 6.26. The van der Waals surface area contributed by atoms with Crippen LogP contribution in [-0.2, 0) is 6.54 Å². The predicted molar refractivity (Wildman–Crippen MR) is 128 cm³/mol. The summed E-state index contributed by atoms with van der Waals surface area (Å²) in [6.07, 6.45) is 9.45. The third-order valence-corrected chi connectivity index (χ3v) is 9.61. The second-order valence-electron chi connectivity index (χ2n) is 11.7. The number of carbonyl (C=O) groups excluding carboxylic acids is 2. The minimum Gasteiger partial charge on any atom is -0.571 e. The Morgan fingerprint density at radius 2 is 1.49 bits per heavy atom. The van der Waals surface area contributed by atoms with Crippen molar-refractivity contribution in [2.24, 2.45) is 17.8 Å². The van der Waals surface area contributed by atoms with Crippen LogP contribution in [0.25, 0.3) is 0 Å². The Bertz CT molecular complexity index is 1160. The minimum atomic E-state index is -0.348. The quantitative estimate of drug-likeness (QED) is 0.416. The number of rotatable bonds is 5. The van der Waals surface area contributed by atoms with Gasteiger partial charge in [0, 0.05) is 59.4 Å². The van der Waals surface area contributed by atoms with Gasteiger partial charge in [0.05, 0.1) is 6.54 Å². The summed E-state index contributed by atoms with van der Waals surface area (Å²) >= 11 is 0. The summed E-state index contributed by atoms with van der Waals surface area (Å²) < 4.78 is 1.34. The van der Waals surface area contributed by atoms with Crippen LogP contribution >= 0.6 is 0 Å². The van der Waals surface area contributed by atoms with E-state index in [-0.39, 0.29) is 23.0 Å². The van der Waals surface area contributed by atoms with Crippen LogP contribution in [0.2, 0.25) is 0 Å². The second-order valence-corrected chi connectivity index (χ2v) is 11.7. The number of ketones is 2. The first-order valence-corrected chi connectivity index (χ1v) is 13.4. The van der Waals surface area contributed by atoms with Crippen molar-refractivity contribution in [3.8, 4) is 0 Å². The Labute approximate surface area is 205 Å². The molecule has 4 saturated carbocycles. The molecule has 8 nitrogen and oxygen atoms in total. The number of nitrogens with zero attached hydrogens (tertiary/aromatic N) is 5. The first-order chi connectivity index (χ1) is 17.0. The Balaban J connectivity index is 0.984. The average Bonchev–Trinajstić information content (AvgIpc) is 3.18. The molecule has 5 fully saturated rings. The Hall–Kier alpha value is -2.58. The van der Waals surface area contributed by atoms with Gasteiger partial charge in [-0.2, -0.15) is 0 Å². The van der Waals surface area contributed by atoms with Gasteiger partial charge in [-0.25, -0.2) is 0 Å². The monoisotopic (exact) mass is 475 g/mol. The SMILES string of the molecule is O=C1c2ccccc2C(=O)c2c1n[n+]([O-])n2CCCN1CCN(C23CC4CC(CC(C4)C2)C3)CC1. The molecule has 0 amide bonds. The molecule has 2 heterocycles. The highest BCUT2D eigenvalue weighted by Gasteiger charge is 2.53. The largest absolute Gasteiger partial charge is 0.571 e. The van der Waals surface area contributed by atoms with Crippen molar-refractivity contribution in [3.63, 3.8) is 0 Å². The lowest BCUT2D eigenvalue weighted by Gasteiger charge is -2.61. The van der Waals surface area contributed by atoms with Gasteiger partial charge in [0.2, 0.25) is 17.3 Å². The zero-order valence-electron chi connectivity index (χ0n) is 20.2. The van der Waals surface area contributed by atoms with Gasteiger partial charge in [-0.15, -0.1) is 4.68 Å². The number of hydrogen-bond acceptors (Lipinski definition) is 6. The second kappa shape index (κ2) is 7.96. The molecule has 0 N–H and O–H groups in total. The Kier molecular flexibility index (Phi) is 4.93. The van der Waals surface area contributed by atoms with Crippen LogP contribution in [0.5, 0.6) is 0 Å². The van der Waals surface area contributed by atoms with Gasteiger partial charge < -0.3 is 10.1 Å². The molecule has 1 saturated heterocycles. The highest BCUT2D eigenvalue weighted by Crippen LogP contribution is 2.57. The zero-order chi connectivity index (χ0) is 23.7. The van der Waals surface area contributed by atoms with Crippen molar-refractivity contribution < 1.29 is 14.5 Å². The van der Waals surface area contributed by atoms with Crippen LogP contribution in [0.3, 0.4) is 0 Å². The van der Waals surface area contributed by atoms with E-state index in [4.69, 9.17) is 0 Å². The van der Waals surface area contributed by atoms with E-state index in [9.17, 15) is 14.8 Å². The van der Waals surface area contributed by atoms with Gasteiger partial charge in [-0.05, 0) is 62.7 Å². The third kappa shape index (κ3) is 3.40. The number of aromatic nitrogens is 3. The van der Waals surface area contributed by atoms with Crippen molar-refractivity contribution in [3.05, 3.63) is 52.0 Å². The van der Waals surface area contributed by atoms with Crippen molar-refractivity contribution in [2.75, 3.05) is 32.7 Å². The number of hydrogen-bond donors (Lipinski definition) is 0. The molecular weight excluding hydrogens is 442 g/mol. The van der Waals surface area contributed by atoms with E-state index in [1.54, 1.807) is 24.3 Å². The van der Waals surface area contributed by atoms with Crippen molar-refractivity contribution in [1.29, 1.82) is 0 Å². The van der Waals surface area contributed by atoms with Crippen molar-refractivity contribution in [2.45, 2.75) is 57.0 Å². The molecule has 1 aromatic carbocycles. The normalized spacial score (nSPS) is 32.2. The number of carbonyl (C=O) groups is 2. The molecule has 5 aliphatic carbocycles. The standard InChI is InChI=1S/C27H33N5O3/c33-25-21-4-1-2-5-22(21)26(34)24-23(25)28-32(35)31(24)7-3-6-29-8-10-30(11-9-29)27-15-18-12-19(16-27)14-20(13-18)17-27/h1-2,4-5,18-20H,3,6-17H2. The number of piperazine rings is 1. The molecule has 35 heavy (non-hydrogen) atoms. The van der Waals surface area contributed by atoms with Gasteiger partial charge in [-0.1, -0.05) is 24.3 Å². The molecule has 1 aliphatic heterocycles. The maximum atomic E-state index is 13.1. The molecule has 1 aromatic heterocycles. The molecular formula is C27H33N5O3. The molecule has 0 unspecified atom stereocenters. The summed E-state index contributed by atoms with van der Waals surface area (Å²) in [5.41, 5.74) is 1.27. The fourth-order valence-corrected chi connectivity index (χ4v) is 8.45. The van der Waals surface area contributed by atoms with E-state index in [1.165, 1.54) is 43.2 Å². The Morgan fingerprint density at radius 1 is 0.886 bits per heavy atom. The summed E-state index contributed by atoms with van der Waals surface area (Å²) in [5.74, 6) is 2.28. The van der Waals surface area contributed by atoms with Gasteiger partial charge in [-0.3, -0.25) is 14.5 Å². The predicted octanol–water partition coefficient (Wildman–Crippen LogP) is 2.27. The molecule has 2 aromatic rings. The van der Waals surface area contributed by atoms with Crippen LogP contribution in [-0.4, -0.2) is 69.4 Å². The van der Waals surface area contributed by atoms with Crippen molar-refractivity contribution >= 4 is 11.6 Å². The van der Waals surface area contributed by atoms with E-state index in [2.05, 4.69) is 14.9 Å². The molecule has 4 bridgehead atoms. The lowest BCUT2D eigenvalue weighted by molar-refractivity contribution is -0.749. The van der Waals surface area contributed by atoms with E-state index < -0.39 is 0 Å². The first kappa shape index (κ1) is 21.7. The fourth-order valence-electron chi connectivity index (χ4n) is 8.45. The molecule has 184 valence electrons. The fraction of sp³-hybridized carbons (Fsp3) is 0.630. The summed E-state index contributed by atoms with van der Waals surface area (Å²) in [6.45, 7) is 5.65.